The lowest BCUT2D eigenvalue weighted by Crippen LogP contribution is -2.09. The minimum Gasteiger partial charge on any atom is -0.300 e. The molecular weight excluding hydrogens is 332 g/mol. The van der Waals surface area contributed by atoms with Gasteiger partial charge >= 0.3 is 0 Å². The van der Waals surface area contributed by atoms with E-state index in [0.717, 1.165) is 33.5 Å². The van der Waals surface area contributed by atoms with E-state index in [2.05, 4.69) is 52.8 Å². The first-order valence-corrected chi connectivity index (χ1v) is 9.07. The number of carbonyl (C=O) groups is 1. The fraction of sp³-hybridized carbons (Fsp3) is 0.263. The number of hydrogen-bond donors (Lipinski definition) is 0. The second-order valence-electron chi connectivity index (χ2n) is 6.35. The third-order valence-electron chi connectivity index (χ3n) is 4.34. The predicted molar refractivity (Wildman–Crippen MR) is 98.8 cm³/mol. The van der Waals surface area contributed by atoms with Gasteiger partial charge in [-0.1, -0.05) is 29.8 Å². The van der Waals surface area contributed by atoms with Gasteiger partial charge in [0.05, 0.1) is 5.71 Å². The smallest absolute Gasteiger partial charge is 0.163 e. The third kappa shape index (κ3) is 2.72. The molecule has 1 aliphatic rings. The Labute approximate surface area is 150 Å². The molecule has 0 bridgehead atoms. The first kappa shape index (κ1) is 15.9. The number of Topliss-reactive ketones (excluding diaryl/α,β-unsaturated/α-hetero) is 1. The van der Waals surface area contributed by atoms with Crippen molar-refractivity contribution in [3.8, 4) is 5.00 Å². The highest BCUT2D eigenvalue weighted by atomic mass is 32.1. The Bertz CT molecular complexity index is 981. The number of aliphatic imine (C=N–C) groups is 1. The van der Waals surface area contributed by atoms with Gasteiger partial charge < -0.3 is 0 Å². The molecule has 0 fully saturated rings. The minimum absolute atomic E-state index is 0.0921. The van der Waals surface area contributed by atoms with Crippen LogP contribution in [0.2, 0.25) is 0 Å². The Balaban J connectivity index is 1.96. The van der Waals surface area contributed by atoms with Crippen molar-refractivity contribution in [3.63, 3.8) is 0 Å². The van der Waals surface area contributed by atoms with Crippen molar-refractivity contribution in [3.05, 3.63) is 64.1 Å². The second kappa shape index (κ2) is 6.04. The number of aromatic nitrogens is 3. The summed E-state index contributed by atoms with van der Waals surface area (Å²) in [5, 5.41) is 11.7. The number of nitrogens with zero attached hydrogens (tertiary/aromatic N) is 4. The molecule has 0 spiro atoms. The molecule has 1 aliphatic heterocycles. The van der Waals surface area contributed by atoms with Crippen molar-refractivity contribution in [1.82, 2.24) is 14.8 Å². The van der Waals surface area contributed by atoms with Gasteiger partial charge in [0.25, 0.3) is 0 Å². The third-order valence-corrected chi connectivity index (χ3v) is 5.24. The number of benzene rings is 1. The summed E-state index contributed by atoms with van der Waals surface area (Å²) in [4.78, 5) is 16.8. The van der Waals surface area contributed by atoms with E-state index in [1.165, 1.54) is 5.56 Å². The number of thiophene rings is 1. The Morgan fingerprint density at radius 3 is 2.64 bits per heavy atom. The largest absolute Gasteiger partial charge is 0.300 e. The molecule has 5 nitrogen and oxygen atoms in total. The second-order valence-corrected chi connectivity index (χ2v) is 7.24. The van der Waals surface area contributed by atoms with Crippen LogP contribution in [0.15, 0.2) is 40.7 Å². The van der Waals surface area contributed by atoms with Crippen LogP contribution in [0.25, 0.3) is 5.00 Å². The zero-order valence-corrected chi connectivity index (χ0v) is 15.2. The average Bonchev–Trinajstić information content (AvgIpc) is 3.15. The molecule has 126 valence electrons. The summed E-state index contributed by atoms with van der Waals surface area (Å²) in [7, 11) is 0. The van der Waals surface area contributed by atoms with Crippen molar-refractivity contribution < 1.29 is 4.79 Å². The van der Waals surface area contributed by atoms with Gasteiger partial charge in [0, 0.05) is 17.5 Å². The number of hydrogen-bond acceptors (Lipinski definition) is 5. The fourth-order valence-corrected chi connectivity index (χ4v) is 4.09. The van der Waals surface area contributed by atoms with Crippen LogP contribution in [-0.2, 0) is 4.79 Å². The summed E-state index contributed by atoms with van der Waals surface area (Å²) in [5.74, 6) is 1.64. The van der Waals surface area contributed by atoms with Gasteiger partial charge in [0.15, 0.2) is 5.82 Å². The Morgan fingerprint density at radius 1 is 1.16 bits per heavy atom. The van der Waals surface area contributed by atoms with E-state index >= 15 is 0 Å². The molecule has 0 saturated heterocycles. The van der Waals surface area contributed by atoms with E-state index in [0.29, 0.717) is 6.42 Å². The van der Waals surface area contributed by atoms with E-state index in [1.807, 2.05) is 11.5 Å². The molecule has 0 radical (unpaired) electrons. The van der Waals surface area contributed by atoms with Gasteiger partial charge in [-0.15, -0.1) is 21.5 Å². The van der Waals surface area contributed by atoms with Crippen LogP contribution in [0.4, 0.5) is 0 Å². The first-order valence-electron chi connectivity index (χ1n) is 8.19. The predicted octanol–water partition coefficient (Wildman–Crippen LogP) is 3.82. The van der Waals surface area contributed by atoms with Crippen LogP contribution in [0.1, 0.15) is 47.7 Å². The highest BCUT2D eigenvalue weighted by Crippen LogP contribution is 2.35. The number of fused-ring (bicyclic) bond motifs is 3. The van der Waals surface area contributed by atoms with Crippen molar-refractivity contribution in [2.45, 2.75) is 33.2 Å². The van der Waals surface area contributed by atoms with E-state index in [1.54, 1.807) is 18.3 Å². The Kier molecular flexibility index (Phi) is 3.84. The number of carbonyl (C=O) groups excluding carboxylic acids is 1. The maximum Gasteiger partial charge on any atom is 0.163 e. The van der Waals surface area contributed by atoms with Gasteiger partial charge in [0.1, 0.15) is 22.7 Å². The van der Waals surface area contributed by atoms with Gasteiger partial charge in [-0.2, -0.15) is 0 Å². The summed E-state index contributed by atoms with van der Waals surface area (Å²) in [6.07, 6.45) is 0.322. The lowest BCUT2D eigenvalue weighted by Gasteiger charge is -2.10. The number of rotatable bonds is 3. The van der Waals surface area contributed by atoms with Crippen molar-refractivity contribution in [2.75, 3.05) is 0 Å². The normalized spacial score (nSPS) is 16.0. The quantitative estimate of drug-likeness (QED) is 0.721. The molecule has 0 N–H and O–H groups in total. The summed E-state index contributed by atoms with van der Waals surface area (Å²) < 4.78 is 2.04. The highest BCUT2D eigenvalue weighted by Gasteiger charge is 2.29. The lowest BCUT2D eigenvalue weighted by atomic mass is 10.0. The standard InChI is InChI=1S/C19H18N4OS/c1-11-4-6-14(7-5-11)17-15-8-9-25-19(15)23-13(3)21-22-18(23)16(20-17)10-12(2)24/h4-9,16H,10H2,1-3H3/t16-/m0/s1. The van der Waals surface area contributed by atoms with Gasteiger partial charge in [-0.05, 0) is 32.2 Å². The Hall–Kier alpha value is -2.60. The van der Waals surface area contributed by atoms with Crippen LogP contribution in [0.3, 0.4) is 0 Å². The maximum atomic E-state index is 11.8. The topological polar surface area (TPSA) is 60.1 Å². The fourth-order valence-electron chi connectivity index (χ4n) is 3.13. The lowest BCUT2D eigenvalue weighted by molar-refractivity contribution is -0.117. The molecule has 1 aromatic carbocycles. The number of aryl methyl sites for hydroxylation is 2. The zero-order chi connectivity index (χ0) is 17.6. The van der Waals surface area contributed by atoms with Gasteiger partial charge in [-0.3, -0.25) is 14.4 Å². The van der Waals surface area contributed by atoms with Gasteiger partial charge in [0.2, 0.25) is 0 Å². The molecule has 25 heavy (non-hydrogen) atoms. The van der Waals surface area contributed by atoms with Crippen molar-refractivity contribution >= 4 is 22.8 Å². The molecule has 0 saturated carbocycles. The molecule has 1 atom stereocenters. The average molecular weight is 350 g/mol. The summed E-state index contributed by atoms with van der Waals surface area (Å²) in [6.45, 7) is 5.59. The molecule has 3 aromatic rings. The molecule has 4 rings (SSSR count). The number of ketones is 1. The van der Waals surface area contributed by atoms with Crippen LogP contribution in [0.5, 0.6) is 0 Å². The molecule has 0 aliphatic carbocycles. The highest BCUT2D eigenvalue weighted by molar-refractivity contribution is 7.13. The molecule has 6 heteroatoms. The Morgan fingerprint density at radius 2 is 1.92 bits per heavy atom. The van der Waals surface area contributed by atoms with E-state index < -0.39 is 0 Å². The van der Waals surface area contributed by atoms with Gasteiger partial charge in [-0.25, -0.2) is 0 Å². The zero-order valence-electron chi connectivity index (χ0n) is 14.4. The SMILES string of the molecule is CC(=O)C[C@@H]1N=C(c2ccc(C)cc2)c2ccsc2-n2c(C)nnc21. The monoisotopic (exact) mass is 350 g/mol. The van der Waals surface area contributed by atoms with Crippen LogP contribution >= 0.6 is 11.3 Å². The summed E-state index contributed by atoms with van der Waals surface area (Å²) in [5.41, 5.74) is 4.23. The molecule has 2 aromatic heterocycles. The minimum atomic E-state index is -0.324. The summed E-state index contributed by atoms with van der Waals surface area (Å²) >= 11 is 1.64. The van der Waals surface area contributed by atoms with Crippen molar-refractivity contribution in [2.24, 2.45) is 4.99 Å². The van der Waals surface area contributed by atoms with Crippen molar-refractivity contribution in [1.29, 1.82) is 0 Å². The van der Waals surface area contributed by atoms with E-state index in [9.17, 15) is 4.79 Å². The van der Waals surface area contributed by atoms with E-state index in [-0.39, 0.29) is 11.8 Å². The molecule has 0 amide bonds. The molecule has 3 heterocycles. The van der Waals surface area contributed by atoms with Crippen LogP contribution in [-0.4, -0.2) is 26.3 Å². The van der Waals surface area contributed by atoms with Crippen LogP contribution in [0, 0.1) is 13.8 Å². The summed E-state index contributed by atoms with van der Waals surface area (Å²) in [6, 6.07) is 10.1. The van der Waals surface area contributed by atoms with Crippen LogP contribution < -0.4 is 0 Å². The molecular formula is C19H18N4OS. The maximum absolute atomic E-state index is 11.8. The van der Waals surface area contributed by atoms with E-state index in [4.69, 9.17) is 4.99 Å². The molecule has 0 unspecified atom stereocenters. The first-order chi connectivity index (χ1) is 12.0.